The van der Waals surface area contributed by atoms with Gasteiger partial charge < -0.3 is 26.2 Å². The number of nitrogens with two attached hydrogens (primary N) is 1. The van der Waals surface area contributed by atoms with Gasteiger partial charge in [-0.15, -0.1) is 0 Å². The van der Waals surface area contributed by atoms with Crippen LogP contribution in [0.1, 0.15) is 32.3 Å². The van der Waals surface area contributed by atoms with Gasteiger partial charge in [0, 0.05) is 6.54 Å². The number of ether oxygens (including phenoxy) is 1. The lowest BCUT2D eigenvalue weighted by Gasteiger charge is -2.22. The number of carbonyl (C=O) groups excluding carboxylic acids is 3. The molecule has 1 aromatic rings. The molecule has 1 rings (SSSR count). The van der Waals surface area contributed by atoms with Crippen LogP contribution in [-0.4, -0.2) is 41.7 Å². The second-order valence-corrected chi connectivity index (χ2v) is 6.13. The molecule has 0 aromatic heterocycles. The molecule has 1 aromatic carbocycles. The molecular weight excluding hydrogens is 338 g/mol. The molecule has 0 heterocycles. The Kier molecular flexibility index (Phi) is 9.14. The number of hydrogen-bond donors (Lipinski definition) is 4. The molecule has 8 nitrogen and oxygen atoms in total. The molecule has 0 saturated heterocycles. The van der Waals surface area contributed by atoms with Crippen LogP contribution in [0.25, 0.3) is 0 Å². The minimum absolute atomic E-state index is 0.110. The summed E-state index contributed by atoms with van der Waals surface area (Å²) in [5.74, 6) is -1.24. The van der Waals surface area contributed by atoms with Gasteiger partial charge in [-0.1, -0.05) is 50.6 Å². The van der Waals surface area contributed by atoms with E-state index >= 15 is 0 Å². The van der Waals surface area contributed by atoms with Crippen LogP contribution >= 0.6 is 0 Å². The van der Waals surface area contributed by atoms with E-state index < -0.39 is 30.1 Å². The third-order valence-corrected chi connectivity index (χ3v) is 3.95. The summed E-state index contributed by atoms with van der Waals surface area (Å²) < 4.78 is 5.00. The van der Waals surface area contributed by atoms with Crippen molar-refractivity contribution in [1.82, 2.24) is 10.6 Å². The van der Waals surface area contributed by atoms with Gasteiger partial charge in [0.1, 0.15) is 12.6 Å². The fourth-order valence-corrected chi connectivity index (χ4v) is 2.22. The van der Waals surface area contributed by atoms with Crippen LogP contribution in [0.15, 0.2) is 30.3 Å². The molecule has 0 saturated carbocycles. The summed E-state index contributed by atoms with van der Waals surface area (Å²) in [5.41, 5.74) is 6.12. The molecule has 0 aliphatic heterocycles. The molecule has 8 heteroatoms. The number of benzene rings is 1. The highest BCUT2D eigenvalue weighted by atomic mass is 16.5. The average Bonchev–Trinajstić information content (AvgIpc) is 2.62. The molecule has 0 radical (unpaired) electrons. The summed E-state index contributed by atoms with van der Waals surface area (Å²) >= 11 is 0. The number of hydrogen-bond acceptors (Lipinski definition) is 5. The third-order valence-electron chi connectivity index (χ3n) is 3.95. The smallest absolute Gasteiger partial charge is 0.407 e. The first kappa shape index (κ1) is 21.4. The Labute approximate surface area is 153 Å². The van der Waals surface area contributed by atoms with Gasteiger partial charge in [0.15, 0.2) is 0 Å². The summed E-state index contributed by atoms with van der Waals surface area (Å²) in [6.07, 6.45) is -1.39. The van der Waals surface area contributed by atoms with E-state index in [9.17, 15) is 19.5 Å². The van der Waals surface area contributed by atoms with Gasteiger partial charge in [-0.2, -0.15) is 0 Å². The van der Waals surface area contributed by atoms with E-state index in [1.165, 1.54) is 0 Å². The fourth-order valence-electron chi connectivity index (χ4n) is 2.22. The van der Waals surface area contributed by atoms with Crippen molar-refractivity contribution in [3.8, 4) is 0 Å². The maximum Gasteiger partial charge on any atom is 0.407 e. The molecule has 0 aliphatic carbocycles. The molecule has 3 atom stereocenters. The van der Waals surface area contributed by atoms with E-state index in [1.807, 2.05) is 37.3 Å². The first-order chi connectivity index (χ1) is 12.3. The minimum atomic E-state index is -1.11. The lowest BCUT2D eigenvalue weighted by molar-refractivity contribution is -0.129. The van der Waals surface area contributed by atoms with Crippen LogP contribution in [-0.2, 0) is 20.9 Å². The molecule has 0 bridgehead atoms. The maximum atomic E-state index is 11.9. The predicted octanol–water partition coefficient (Wildman–Crippen LogP) is 0.680. The van der Waals surface area contributed by atoms with Gasteiger partial charge in [0.2, 0.25) is 11.8 Å². The molecule has 0 unspecified atom stereocenters. The maximum absolute atomic E-state index is 11.9. The molecule has 3 amide bonds. The second kappa shape index (κ2) is 11.1. The van der Waals surface area contributed by atoms with Crippen molar-refractivity contribution in [3.05, 3.63) is 35.9 Å². The van der Waals surface area contributed by atoms with E-state index in [0.29, 0.717) is 6.42 Å². The van der Waals surface area contributed by atoms with Gasteiger partial charge in [-0.25, -0.2) is 4.79 Å². The largest absolute Gasteiger partial charge is 0.445 e. The summed E-state index contributed by atoms with van der Waals surface area (Å²) in [7, 11) is 0. The van der Waals surface area contributed by atoms with Crippen molar-refractivity contribution < 1.29 is 24.2 Å². The predicted molar refractivity (Wildman–Crippen MR) is 95.8 cm³/mol. The number of aliphatic hydroxyl groups excluding tert-OH is 1. The lowest BCUT2D eigenvalue weighted by Crippen LogP contribution is -2.49. The minimum Gasteiger partial charge on any atom is -0.445 e. The van der Waals surface area contributed by atoms with Gasteiger partial charge in [0.25, 0.3) is 0 Å². The Morgan fingerprint density at radius 2 is 1.88 bits per heavy atom. The molecule has 0 spiro atoms. The molecule has 26 heavy (non-hydrogen) atoms. The number of carbonyl (C=O) groups is 3. The van der Waals surface area contributed by atoms with E-state index in [4.69, 9.17) is 10.5 Å². The first-order valence-corrected chi connectivity index (χ1v) is 8.54. The quantitative estimate of drug-likeness (QED) is 0.484. The SMILES string of the molecule is CC[C@@H](C)[C@H](NC(=O)C[C@H](O)CNC(=O)OCc1ccccc1)C(N)=O. The molecule has 0 aliphatic rings. The van der Waals surface area contributed by atoms with Crippen LogP contribution in [0, 0.1) is 5.92 Å². The number of rotatable bonds is 10. The topological polar surface area (TPSA) is 131 Å². The van der Waals surface area contributed by atoms with Crippen molar-refractivity contribution in [3.63, 3.8) is 0 Å². The van der Waals surface area contributed by atoms with Crippen molar-refractivity contribution >= 4 is 17.9 Å². The standard InChI is InChI=1S/C18H27N3O5/c1-3-12(2)16(17(19)24)21-15(23)9-14(22)10-20-18(25)26-11-13-7-5-4-6-8-13/h4-8,12,14,16,22H,3,9-11H2,1-2H3,(H2,19,24)(H,20,25)(H,21,23)/t12-,14+,16+/m1/s1. The fraction of sp³-hybridized carbons (Fsp3) is 0.500. The summed E-state index contributed by atoms with van der Waals surface area (Å²) in [6.45, 7) is 3.65. The normalized spacial score (nSPS) is 14.0. The van der Waals surface area contributed by atoms with Gasteiger partial charge in [-0.3, -0.25) is 9.59 Å². The van der Waals surface area contributed by atoms with E-state index in [1.54, 1.807) is 6.92 Å². The van der Waals surface area contributed by atoms with Gasteiger partial charge in [-0.05, 0) is 11.5 Å². The number of aliphatic hydroxyl groups is 1. The Bertz CT molecular complexity index is 594. The average molecular weight is 365 g/mol. The summed E-state index contributed by atoms with van der Waals surface area (Å²) in [5, 5.41) is 14.8. The monoisotopic (exact) mass is 365 g/mol. The van der Waals surface area contributed by atoms with E-state index in [0.717, 1.165) is 5.56 Å². The van der Waals surface area contributed by atoms with E-state index in [-0.39, 0.29) is 25.5 Å². The van der Waals surface area contributed by atoms with Crippen molar-refractivity contribution in [2.45, 2.75) is 45.4 Å². The zero-order chi connectivity index (χ0) is 19.5. The number of alkyl carbamates (subject to hydrolysis) is 1. The Hall–Kier alpha value is -2.61. The second-order valence-electron chi connectivity index (χ2n) is 6.13. The lowest BCUT2D eigenvalue weighted by atomic mass is 9.98. The van der Waals surface area contributed by atoms with Crippen molar-refractivity contribution in [2.24, 2.45) is 11.7 Å². The number of primary amides is 1. The third kappa shape index (κ3) is 7.98. The highest BCUT2D eigenvalue weighted by molar-refractivity contribution is 5.87. The van der Waals surface area contributed by atoms with Crippen LogP contribution in [0.5, 0.6) is 0 Å². The first-order valence-electron chi connectivity index (χ1n) is 8.54. The number of nitrogens with one attached hydrogen (secondary N) is 2. The molecule has 5 N–H and O–H groups in total. The zero-order valence-electron chi connectivity index (χ0n) is 15.1. The summed E-state index contributed by atoms with van der Waals surface area (Å²) in [4.78, 5) is 34.9. The van der Waals surface area contributed by atoms with Crippen LogP contribution in [0.3, 0.4) is 0 Å². The Morgan fingerprint density at radius 1 is 1.23 bits per heavy atom. The molecule has 144 valence electrons. The van der Waals surface area contributed by atoms with Gasteiger partial charge in [0.05, 0.1) is 12.5 Å². The highest BCUT2D eigenvalue weighted by Gasteiger charge is 2.24. The Morgan fingerprint density at radius 3 is 2.46 bits per heavy atom. The summed E-state index contributed by atoms with van der Waals surface area (Å²) in [6, 6.07) is 8.37. The van der Waals surface area contributed by atoms with E-state index in [2.05, 4.69) is 10.6 Å². The number of amides is 3. The van der Waals surface area contributed by atoms with Crippen molar-refractivity contribution in [2.75, 3.05) is 6.54 Å². The zero-order valence-corrected chi connectivity index (χ0v) is 15.1. The van der Waals surface area contributed by atoms with Crippen LogP contribution in [0.4, 0.5) is 4.79 Å². The van der Waals surface area contributed by atoms with Crippen LogP contribution < -0.4 is 16.4 Å². The van der Waals surface area contributed by atoms with Gasteiger partial charge >= 0.3 is 6.09 Å². The Balaban J connectivity index is 2.31. The molecule has 0 fully saturated rings. The highest BCUT2D eigenvalue weighted by Crippen LogP contribution is 2.08. The van der Waals surface area contributed by atoms with Crippen LogP contribution in [0.2, 0.25) is 0 Å². The molecular formula is C18H27N3O5. The van der Waals surface area contributed by atoms with Crippen molar-refractivity contribution in [1.29, 1.82) is 0 Å².